The van der Waals surface area contributed by atoms with Gasteiger partial charge < -0.3 is 9.73 Å². The molecular weight excluding hydrogens is 267 g/mol. The van der Waals surface area contributed by atoms with E-state index in [1.807, 2.05) is 13.8 Å². The molecular formula is C15H16F3NO. The maximum Gasteiger partial charge on any atom is 0.416 e. The molecule has 0 aliphatic heterocycles. The van der Waals surface area contributed by atoms with Gasteiger partial charge in [-0.25, -0.2) is 0 Å². The smallest absolute Gasteiger partial charge is 0.416 e. The topological polar surface area (TPSA) is 25.2 Å². The van der Waals surface area contributed by atoms with Gasteiger partial charge in [0.1, 0.15) is 11.5 Å². The third-order valence-electron chi connectivity index (χ3n) is 2.82. The minimum Gasteiger partial charge on any atom is -0.460 e. The van der Waals surface area contributed by atoms with Crippen LogP contribution in [0.25, 0.3) is 11.3 Å². The number of hydrogen-bond acceptors (Lipinski definition) is 2. The van der Waals surface area contributed by atoms with E-state index in [2.05, 4.69) is 5.32 Å². The summed E-state index contributed by atoms with van der Waals surface area (Å²) in [6, 6.07) is 8.90. The summed E-state index contributed by atoms with van der Waals surface area (Å²) in [6.07, 6.45) is -4.34. The first-order valence-corrected chi connectivity index (χ1v) is 6.36. The Hall–Kier alpha value is -1.75. The molecule has 20 heavy (non-hydrogen) atoms. The van der Waals surface area contributed by atoms with Gasteiger partial charge in [-0.3, -0.25) is 0 Å². The molecule has 1 heterocycles. The van der Waals surface area contributed by atoms with Crippen molar-refractivity contribution in [3.8, 4) is 11.3 Å². The second-order valence-electron chi connectivity index (χ2n) is 4.88. The summed E-state index contributed by atoms with van der Waals surface area (Å²) in [5.41, 5.74) is -0.246. The Morgan fingerprint density at radius 3 is 2.55 bits per heavy atom. The largest absolute Gasteiger partial charge is 0.460 e. The van der Waals surface area contributed by atoms with Crippen molar-refractivity contribution in [2.45, 2.75) is 32.6 Å². The van der Waals surface area contributed by atoms with Gasteiger partial charge in [-0.1, -0.05) is 26.0 Å². The number of alkyl halides is 3. The van der Waals surface area contributed by atoms with E-state index in [1.165, 1.54) is 6.07 Å². The number of hydrogen-bond donors (Lipinski definition) is 1. The van der Waals surface area contributed by atoms with E-state index in [0.29, 0.717) is 29.7 Å². The Labute approximate surface area is 115 Å². The van der Waals surface area contributed by atoms with Gasteiger partial charge >= 0.3 is 6.18 Å². The van der Waals surface area contributed by atoms with Crippen molar-refractivity contribution in [1.82, 2.24) is 5.32 Å². The van der Waals surface area contributed by atoms with Crippen LogP contribution in [0, 0.1) is 0 Å². The lowest BCUT2D eigenvalue weighted by atomic mass is 10.1. The first-order valence-electron chi connectivity index (χ1n) is 6.36. The average Bonchev–Trinajstić information content (AvgIpc) is 2.84. The summed E-state index contributed by atoms with van der Waals surface area (Å²) < 4.78 is 43.5. The molecule has 2 nitrogen and oxygen atoms in total. The van der Waals surface area contributed by atoms with Crippen LogP contribution in [-0.2, 0) is 12.7 Å². The number of rotatable bonds is 4. The van der Waals surface area contributed by atoms with Crippen LogP contribution in [0.5, 0.6) is 0 Å². The maximum absolute atomic E-state index is 12.7. The SMILES string of the molecule is CC(C)NCc1ccc(-c2cccc(C(F)(F)F)c2)o1. The second kappa shape index (κ2) is 5.71. The molecule has 5 heteroatoms. The van der Waals surface area contributed by atoms with Gasteiger partial charge in [0.05, 0.1) is 12.1 Å². The van der Waals surface area contributed by atoms with Gasteiger partial charge in [0, 0.05) is 11.6 Å². The van der Waals surface area contributed by atoms with Crippen molar-refractivity contribution < 1.29 is 17.6 Å². The van der Waals surface area contributed by atoms with Crippen LogP contribution in [0.3, 0.4) is 0 Å². The normalized spacial score (nSPS) is 12.1. The number of benzene rings is 1. The fourth-order valence-corrected chi connectivity index (χ4v) is 1.78. The molecule has 0 amide bonds. The van der Waals surface area contributed by atoms with E-state index < -0.39 is 11.7 Å². The van der Waals surface area contributed by atoms with Gasteiger partial charge in [-0.2, -0.15) is 13.2 Å². The lowest BCUT2D eigenvalue weighted by Crippen LogP contribution is -2.21. The summed E-state index contributed by atoms with van der Waals surface area (Å²) in [5, 5.41) is 3.19. The first-order chi connectivity index (χ1) is 9.36. The van der Waals surface area contributed by atoms with Crippen molar-refractivity contribution in [2.24, 2.45) is 0 Å². The summed E-state index contributed by atoms with van der Waals surface area (Å²) in [7, 11) is 0. The van der Waals surface area contributed by atoms with Crippen molar-refractivity contribution in [1.29, 1.82) is 0 Å². The predicted octanol–water partition coefficient (Wildman–Crippen LogP) is 4.46. The highest BCUT2D eigenvalue weighted by Gasteiger charge is 2.30. The van der Waals surface area contributed by atoms with E-state index >= 15 is 0 Å². The van der Waals surface area contributed by atoms with Crippen molar-refractivity contribution in [2.75, 3.05) is 0 Å². The van der Waals surface area contributed by atoms with Gasteiger partial charge in [0.2, 0.25) is 0 Å². The van der Waals surface area contributed by atoms with Crippen molar-refractivity contribution >= 4 is 0 Å². The third kappa shape index (κ3) is 3.63. The molecule has 1 aromatic carbocycles. The van der Waals surface area contributed by atoms with Crippen LogP contribution in [0.2, 0.25) is 0 Å². The highest BCUT2D eigenvalue weighted by atomic mass is 19.4. The van der Waals surface area contributed by atoms with Crippen LogP contribution < -0.4 is 5.32 Å². The molecule has 0 saturated heterocycles. The Balaban J connectivity index is 2.20. The molecule has 0 saturated carbocycles. The molecule has 0 radical (unpaired) electrons. The predicted molar refractivity (Wildman–Crippen MR) is 71.1 cm³/mol. The molecule has 0 atom stereocenters. The zero-order valence-corrected chi connectivity index (χ0v) is 11.3. The number of halogens is 3. The summed E-state index contributed by atoms with van der Waals surface area (Å²) in [4.78, 5) is 0. The number of furan rings is 1. The van der Waals surface area contributed by atoms with Gasteiger partial charge in [0.25, 0.3) is 0 Å². The minimum atomic E-state index is -4.34. The fourth-order valence-electron chi connectivity index (χ4n) is 1.78. The molecule has 108 valence electrons. The molecule has 0 unspecified atom stereocenters. The second-order valence-corrected chi connectivity index (χ2v) is 4.88. The van der Waals surface area contributed by atoms with Crippen molar-refractivity contribution in [3.63, 3.8) is 0 Å². The lowest BCUT2D eigenvalue weighted by molar-refractivity contribution is -0.137. The molecule has 2 rings (SSSR count). The first kappa shape index (κ1) is 14.7. The molecule has 1 aromatic heterocycles. The van der Waals surface area contributed by atoms with Gasteiger partial charge in [0.15, 0.2) is 0 Å². The van der Waals surface area contributed by atoms with E-state index in [9.17, 15) is 13.2 Å². The lowest BCUT2D eigenvalue weighted by Gasteiger charge is -2.07. The monoisotopic (exact) mass is 283 g/mol. The molecule has 2 aromatic rings. The summed E-state index contributed by atoms with van der Waals surface area (Å²) >= 11 is 0. The Morgan fingerprint density at radius 1 is 1.15 bits per heavy atom. The van der Waals surface area contributed by atoms with Crippen molar-refractivity contribution in [3.05, 3.63) is 47.7 Å². The molecule has 0 aliphatic carbocycles. The van der Waals surface area contributed by atoms with E-state index in [1.54, 1.807) is 18.2 Å². The highest BCUT2D eigenvalue weighted by Crippen LogP contribution is 2.32. The molecule has 1 N–H and O–H groups in total. The Morgan fingerprint density at radius 2 is 1.90 bits per heavy atom. The van der Waals surface area contributed by atoms with Gasteiger partial charge in [-0.15, -0.1) is 0 Å². The zero-order chi connectivity index (χ0) is 14.8. The van der Waals surface area contributed by atoms with Gasteiger partial charge in [-0.05, 0) is 24.3 Å². The van der Waals surface area contributed by atoms with E-state index in [0.717, 1.165) is 12.1 Å². The fraction of sp³-hybridized carbons (Fsp3) is 0.333. The third-order valence-corrected chi connectivity index (χ3v) is 2.82. The van der Waals surface area contributed by atoms with Crippen LogP contribution in [0.15, 0.2) is 40.8 Å². The average molecular weight is 283 g/mol. The molecule has 0 fully saturated rings. The summed E-state index contributed by atoms with van der Waals surface area (Å²) in [5.74, 6) is 1.14. The van der Waals surface area contributed by atoms with E-state index in [-0.39, 0.29) is 0 Å². The van der Waals surface area contributed by atoms with E-state index in [4.69, 9.17) is 4.42 Å². The minimum absolute atomic E-state index is 0.317. The maximum atomic E-state index is 12.7. The summed E-state index contributed by atoms with van der Waals surface area (Å²) in [6.45, 7) is 4.57. The van der Waals surface area contributed by atoms with Crippen LogP contribution >= 0.6 is 0 Å². The van der Waals surface area contributed by atoms with Crippen LogP contribution in [-0.4, -0.2) is 6.04 Å². The number of nitrogens with one attached hydrogen (secondary N) is 1. The molecule has 0 spiro atoms. The Kier molecular flexibility index (Phi) is 4.18. The standard InChI is InChI=1S/C15H16F3NO/c1-10(2)19-9-13-6-7-14(20-13)11-4-3-5-12(8-11)15(16,17)18/h3-8,10,19H,9H2,1-2H3. The quantitative estimate of drug-likeness (QED) is 0.896. The zero-order valence-electron chi connectivity index (χ0n) is 11.3. The molecule has 0 aliphatic rings. The van der Waals surface area contributed by atoms with Crippen LogP contribution in [0.4, 0.5) is 13.2 Å². The molecule has 0 bridgehead atoms. The van der Waals surface area contributed by atoms with Crippen LogP contribution in [0.1, 0.15) is 25.2 Å². The highest BCUT2D eigenvalue weighted by molar-refractivity contribution is 5.58. The Bertz CT molecular complexity index is 572.